The Morgan fingerprint density at radius 2 is 2.20 bits per heavy atom. The molecule has 0 spiro atoms. The maximum absolute atomic E-state index is 11.4. The molecule has 0 atom stereocenters. The van der Waals surface area contributed by atoms with Crippen molar-refractivity contribution in [3.8, 4) is 0 Å². The Balaban J connectivity index is 2.50. The first-order valence-electron chi connectivity index (χ1n) is 4.43. The van der Waals surface area contributed by atoms with Crippen LogP contribution < -0.4 is 10.0 Å². The van der Waals surface area contributed by atoms with E-state index in [-0.39, 0.29) is 11.7 Å². The molecule has 1 rings (SSSR count). The van der Waals surface area contributed by atoms with Gasteiger partial charge in [-0.1, -0.05) is 0 Å². The van der Waals surface area contributed by atoms with E-state index in [1.807, 2.05) is 0 Å². The summed E-state index contributed by atoms with van der Waals surface area (Å²) in [5.41, 5.74) is 0. The predicted octanol–water partition coefficient (Wildman–Crippen LogP) is -0.777. The lowest BCUT2D eigenvalue weighted by atomic mass is 10.5. The van der Waals surface area contributed by atoms with Crippen molar-refractivity contribution in [3.05, 3.63) is 12.4 Å². The zero-order valence-corrected chi connectivity index (χ0v) is 9.16. The molecule has 1 aromatic heterocycles. The molecule has 1 heterocycles. The van der Waals surface area contributed by atoms with Crippen LogP contribution in [0.25, 0.3) is 0 Å². The molecule has 1 aromatic rings. The fourth-order valence-corrected chi connectivity index (χ4v) is 1.92. The monoisotopic (exact) mass is 231 g/mol. The fraction of sp³-hybridized carbons (Fsp3) is 0.571. The Hall–Kier alpha value is -1.28. The Kier molecular flexibility index (Phi) is 4.37. The summed E-state index contributed by atoms with van der Waals surface area (Å²) in [6, 6.07) is 0. The van der Waals surface area contributed by atoms with E-state index in [0.29, 0.717) is 13.0 Å². The van der Waals surface area contributed by atoms with Crippen molar-refractivity contribution in [2.45, 2.75) is 6.42 Å². The third kappa shape index (κ3) is 4.66. The highest BCUT2D eigenvalue weighted by Gasteiger charge is 2.10. The molecule has 0 aliphatic carbocycles. The van der Waals surface area contributed by atoms with E-state index >= 15 is 0 Å². The number of hydrogen-bond donors (Lipinski definition) is 2. The van der Waals surface area contributed by atoms with Crippen LogP contribution in [0.5, 0.6) is 0 Å². The molecule has 0 saturated carbocycles. The van der Waals surface area contributed by atoms with Crippen LogP contribution >= 0.6 is 0 Å². The summed E-state index contributed by atoms with van der Waals surface area (Å²) < 4.78 is 25.1. The maximum atomic E-state index is 11.4. The SMILES string of the molecule is CNCCCS(=O)(=O)Nc1nccnn1. The second-order valence-corrected chi connectivity index (χ2v) is 4.69. The lowest BCUT2D eigenvalue weighted by Gasteiger charge is -2.04. The van der Waals surface area contributed by atoms with E-state index in [1.54, 1.807) is 7.05 Å². The average molecular weight is 231 g/mol. The summed E-state index contributed by atoms with van der Waals surface area (Å²) in [5, 5.41) is 9.91. The third-order valence-electron chi connectivity index (χ3n) is 1.57. The van der Waals surface area contributed by atoms with Gasteiger partial charge in [0.1, 0.15) is 0 Å². The molecule has 0 aromatic carbocycles. The van der Waals surface area contributed by atoms with Gasteiger partial charge < -0.3 is 5.32 Å². The molecule has 0 aliphatic heterocycles. The van der Waals surface area contributed by atoms with Gasteiger partial charge in [0, 0.05) is 0 Å². The first kappa shape index (κ1) is 11.8. The van der Waals surface area contributed by atoms with E-state index in [9.17, 15) is 8.42 Å². The minimum atomic E-state index is -3.36. The Morgan fingerprint density at radius 3 is 2.80 bits per heavy atom. The van der Waals surface area contributed by atoms with E-state index in [4.69, 9.17) is 0 Å². The van der Waals surface area contributed by atoms with Crippen molar-refractivity contribution in [2.24, 2.45) is 0 Å². The lowest BCUT2D eigenvalue weighted by Crippen LogP contribution is -2.21. The summed E-state index contributed by atoms with van der Waals surface area (Å²) >= 11 is 0. The van der Waals surface area contributed by atoms with E-state index in [0.717, 1.165) is 0 Å². The van der Waals surface area contributed by atoms with Gasteiger partial charge in [-0.25, -0.2) is 18.1 Å². The lowest BCUT2D eigenvalue weighted by molar-refractivity contribution is 0.596. The standard InChI is InChI=1S/C7H13N5O2S/c1-8-3-2-6-15(13,14)12-7-9-4-5-10-11-7/h4-5,8H,2-3,6H2,1H3,(H,9,11,12). The Labute approximate surface area is 88.4 Å². The second-order valence-electron chi connectivity index (χ2n) is 2.84. The molecule has 0 amide bonds. The number of rotatable bonds is 6. The number of nitrogens with zero attached hydrogens (tertiary/aromatic N) is 3. The first-order chi connectivity index (χ1) is 7.14. The van der Waals surface area contributed by atoms with Gasteiger partial charge in [0.2, 0.25) is 10.0 Å². The molecule has 8 heteroatoms. The summed E-state index contributed by atoms with van der Waals surface area (Å²) in [7, 11) is -1.59. The highest BCUT2D eigenvalue weighted by molar-refractivity contribution is 7.92. The number of aromatic nitrogens is 3. The summed E-state index contributed by atoms with van der Waals surface area (Å²) in [6.07, 6.45) is 3.28. The third-order valence-corrected chi connectivity index (χ3v) is 2.89. The second kappa shape index (κ2) is 5.56. The number of hydrogen-bond acceptors (Lipinski definition) is 6. The molecule has 0 radical (unpaired) electrons. The van der Waals surface area contributed by atoms with Crippen molar-refractivity contribution in [3.63, 3.8) is 0 Å². The van der Waals surface area contributed by atoms with Crippen LogP contribution in [0, 0.1) is 0 Å². The van der Waals surface area contributed by atoms with Gasteiger partial charge in [0.05, 0.1) is 18.1 Å². The zero-order valence-electron chi connectivity index (χ0n) is 8.34. The van der Waals surface area contributed by atoms with Crippen LogP contribution in [0.1, 0.15) is 6.42 Å². The Morgan fingerprint density at radius 1 is 1.40 bits per heavy atom. The molecule has 0 bridgehead atoms. The largest absolute Gasteiger partial charge is 0.320 e. The average Bonchev–Trinajstić information content (AvgIpc) is 2.18. The van der Waals surface area contributed by atoms with E-state index in [2.05, 4.69) is 25.2 Å². The van der Waals surface area contributed by atoms with Crippen LogP contribution in [0.2, 0.25) is 0 Å². The molecule has 0 unspecified atom stereocenters. The molecule has 0 fully saturated rings. The molecular weight excluding hydrogens is 218 g/mol. The molecule has 0 saturated heterocycles. The van der Waals surface area contributed by atoms with Crippen LogP contribution in [0.3, 0.4) is 0 Å². The topological polar surface area (TPSA) is 96.9 Å². The number of anilines is 1. The molecule has 2 N–H and O–H groups in total. The van der Waals surface area contributed by atoms with Crippen LogP contribution in [0.4, 0.5) is 5.95 Å². The van der Waals surface area contributed by atoms with Crippen LogP contribution in [-0.2, 0) is 10.0 Å². The zero-order chi connectivity index (χ0) is 11.1. The summed E-state index contributed by atoms with van der Waals surface area (Å²) in [5.74, 6) is 0.0356. The molecule has 7 nitrogen and oxygen atoms in total. The summed E-state index contributed by atoms with van der Waals surface area (Å²) in [4.78, 5) is 3.71. The van der Waals surface area contributed by atoms with E-state index in [1.165, 1.54) is 12.4 Å². The van der Waals surface area contributed by atoms with Gasteiger partial charge in [-0.15, -0.1) is 5.10 Å². The van der Waals surface area contributed by atoms with Gasteiger partial charge in [-0.05, 0) is 20.0 Å². The number of sulfonamides is 1. The molecule has 0 aliphatic rings. The van der Waals surface area contributed by atoms with Crippen molar-refractivity contribution in [1.82, 2.24) is 20.5 Å². The molecular formula is C7H13N5O2S. The highest BCUT2D eigenvalue weighted by atomic mass is 32.2. The maximum Gasteiger partial charge on any atom is 0.256 e. The minimum Gasteiger partial charge on any atom is -0.320 e. The fourth-order valence-electron chi connectivity index (χ4n) is 0.923. The summed E-state index contributed by atoms with van der Waals surface area (Å²) in [6.45, 7) is 0.648. The van der Waals surface area contributed by atoms with Crippen molar-refractivity contribution in [1.29, 1.82) is 0 Å². The highest BCUT2D eigenvalue weighted by Crippen LogP contribution is 1.99. The van der Waals surface area contributed by atoms with E-state index < -0.39 is 10.0 Å². The number of nitrogens with one attached hydrogen (secondary N) is 2. The van der Waals surface area contributed by atoms with Crippen molar-refractivity contribution >= 4 is 16.0 Å². The van der Waals surface area contributed by atoms with Gasteiger partial charge in [0.25, 0.3) is 5.95 Å². The quantitative estimate of drug-likeness (QED) is 0.624. The Bertz CT molecular complexity index is 380. The predicted molar refractivity (Wildman–Crippen MR) is 55.8 cm³/mol. The molecule has 15 heavy (non-hydrogen) atoms. The molecule has 84 valence electrons. The van der Waals surface area contributed by atoms with Crippen molar-refractivity contribution in [2.75, 3.05) is 24.1 Å². The van der Waals surface area contributed by atoms with Crippen LogP contribution in [-0.4, -0.2) is 42.9 Å². The smallest absolute Gasteiger partial charge is 0.256 e. The van der Waals surface area contributed by atoms with Gasteiger partial charge >= 0.3 is 0 Å². The van der Waals surface area contributed by atoms with Crippen LogP contribution in [0.15, 0.2) is 12.4 Å². The van der Waals surface area contributed by atoms with Gasteiger partial charge in [-0.3, -0.25) is 0 Å². The normalized spacial score (nSPS) is 11.3. The van der Waals surface area contributed by atoms with Crippen molar-refractivity contribution < 1.29 is 8.42 Å². The first-order valence-corrected chi connectivity index (χ1v) is 6.08. The van der Waals surface area contributed by atoms with Gasteiger partial charge in [-0.2, -0.15) is 5.10 Å². The minimum absolute atomic E-state index is 0.00181. The van der Waals surface area contributed by atoms with Gasteiger partial charge in [0.15, 0.2) is 0 Å².